The Balaban J connectivity index is 1.81. The van der Waals surface area contributed by atoms with E-state index in [9.17, 15) is 32.3 Å². The van der Waals surface area contributed by atoms with Crippen molar-refractivity contribution < 1.29 is 41.6 Å². The van der Waals surface area contributed by atoms with Gasteiger partial charge in [-0.15, -0.1) is 10.1 Å². The molecule has 1 aromatic carbocycles. The average molecular weight is 516 g/mol. The first-order valence-electron chi connectivity index (χ1n) is 10.0. The number of hydrogen-bond acceptors (Lipinski definition) is 9. The summed E-state index contributed by atoms with van der Waals surface area (Å²) in [6.45, 7) is -0.490. The SMILES string of the molecule is Cc1c(OCC(F)(F)F)ccnc1CS(=O)c1nc2ccccc2n1C(=O)OCCCO[N+](=O)[O-]. The van der Waals surface area contributed by atoms with Crippen LogP contribution in [0.25, 0.3) is 11.0 Å². The monoisotopic (exact) mass is 516 g/mol. The predicted octanol–water partition coefficient (Wildman–Crippen LogP) is 3.57. The van der Waals surface area contributed by atoms with E-state index in [-0.39, 0.29) is 47.6 Å². The number of alkyl halides is 3. The van der Waals surface area contributed by atoms with E-state index in [0.29, 0.717) is 11.0 Å². The zero-order valence-corrected chi connectivity index (χ0v) is 19.0. The van der Waals surface area contributed by atoms with Gasteiger partial charge in [0.15, 0.2) is 6.61 Å². The van der Waals surface area contributed by atoms with E-state index in [1.807, 2.05) is 0 Å². The number of carbonyl (C=O) groups is 1. The molecular formula is C20H19F3N4O7S. The Bertz CT molecular complexity index is 1250. The van der Waals surface area contributed by atoms with E-state index in [1.165, 1.54) is 19.2 Å². The summed E-state index contributed by atoms with van der Waals surface area (Å²) in [6, 6.07) is 7.73. The highest BCUT2D eigenvalue weighted by Gasteiger charge is 2.29. The van der Waals surface area contributed by atoms with Crippen LogP contribution in [0.3, 0.4) is 0 Å². The number of aromatic nitrogens is 3. The fourth-order valence-corrected chi connectivity index (χ4v) is 4.21. The second-order valence-electron chi connectivity index (χ2n) is 7.02. The number of imidazole rings is 1. The molecule has 0 saturated carbocycles. The third-order valence-corrected chi connectivity index (χ3v) is 5.76. The normalized spacial score (nSPS) is 12.3. The maximum absolute atomic E-state index is 13.2. The highest BCUT2D eigenvalue weighted by Crippen LogP contribution is 2.26. The Morgan fingerprint density at radius 1 is 1.23 bits per heavy atom. The Kier molecular flexibility index (Phi) is 8.22. The van der Waals surface area contributed by atoms with Crippen LogP contribution in [0.4, 0.5) is 18.0 Å². The maximum Gasteiger partial charge on any atom is 0.422 e. The van der Waals surface area contributed by atoms with Crippen LogP contribution in [0, 0.1) is 17.0 Å². The van der Waals surface area contributed by atoms with E-state index in [2.05, 4.69) is 14.8 Å². The van der Waals surface area contributed by atoms with Crippen molar-refractivity contribution in [3.05, 3.63) is 57.9 Å². The summed E-state index contributed by atoms with van der Waals surface area (Å²) in [7, 11) is -1.96. The number of ether oxygens (including phenoxy) is 2. The molecule has 0 spiro atoms. The van der Waals surface area contributed by atoms with Gasteiger partial charge >= 0.3 is 12.3 Å². The number of para-hydroxylation sites is 2. The summed E-state index contributed by atoms with van der Waals surface area (Å²) in [4.78, 5) is 35.4. The van der Waals surface area contributed by atoms with Crippen LogP contribution < -0.4 is 4.74 Å². The van der Waals surface area contributed by atoms with Gasteiger partial charge in [-0.1, -0.05) is 12.1 Å². The second kappa shape index (κ2) is 11.1. The Hall–Kier alpha value is -3.75. The summed E-state index contributed by atoms with van der Waals surface area (Å²) in [5.74, 6) is -0.323. The van der Waals surface area contributed by atoms with E-state index >= 15 is 0 Å². The first kappa shape index (κ1) is 25.9. The molecule has 0 saturated heterocycles. The van der Waals surface area contributed by atoms with E-state index in [0.717, 1.165) is 4.57 Å². The minimum atomic E-state index is -4.53. The Labute approximate surface area is 198 Å². The molecule has 0 bridgehead atoms. The number of benzene rings is 1. The highest BCUT2D eigenvalue weighted by molar-refractivity contribution is 7.84. The molecule has 15 heteroatoms. The van der Waals surface area contributed by atoms with Gasteiger partial charge < -0.3 is 14.3 Å². The van der Waals surface area contributed by atoms with Crippen LogP contribution >= 0.6 is 0 Å². The minimum absolute atomic E-state index is 0.0472. The van der Waals surface area contributed by atoms with Crippen molar-refractivity contribution in [2.45, 2.75) is 30.4 Å². The van der Waals surface area contributed by atoms with Crippen LogP contribution in [0.15, 0.2) is 41.7 Å². The number of halogens is 3. The number of pyridine rings is 1. The number of hydrogen-bond donors (Lipinski definition) is 0. The summed E-state index contributed by atoms with van der Waals surface area (Å²) >= 11 is 0. The molecule has 2 heterocycles. The largest absolute Gasteiger partial charge is 0.484 e. The lowest BCUT2D eigenvalue weighted by Gasteiger charge is -2.13. The number of nitrogens with zero attached hydrogens (tertiary/aromatic N) is 4. The van der Waals surface area contributed by atoms with Crippen molar-refractivity contribution in [1.82, 2.24) is 14.5 Å². The molecule has 0 amide bonds. The van der Waals surface area contributed by atoms with Crippen molar-refractivity contribution in [3.63, 3.8) is 0 Å². The third kappa shape index (κ3) is 6.88. The minimum Gasteiger partial charge on any atom is -0.484 e. The van der Waals surface area contributed by atoms with Gasteiger partial charge in [0.25, 0.3) is 5.09 Å². The molecule has 2 aromatic heterocycles. The molecule has 0 aliphatic rings. The van der Waals surface area contributed by atoms with Gasteiger partial charge in [0.1, 0.15) is 5.75 Å². The van der Waals surface area contributed by atoms with Gasteiger partial charge in [-0.25, -0.2) is 14.3 Å². The molecule has 188 valence electrons. The fraction of sp³-hybridized carbons (Fsp3) is 0.350. The lowest BCUT2D eigenvalue weighted by Crippen LogP contribution is -2.20. The van der Waals surface area contributed by atoms with Crippen LogP contribution in [0.5, 0.6) is 5.75 Å². The van der Waals surface area contributed by atoms with E-state index in [1.54, 1.807) is 24.3 Å². The Morgan fingerprint density at radius 2 is 1.97 bits per heavy atom. The van der Waals surface area contributed by atoms with E-state index < -0.39 is 34.8 Å². The molecule has 0 aliphatic carbocycles. The van der Waals surface area contributed by atoms with Gasteiger partial charge in [-0.05, 0) is 25.1 Å². The third-order valence-electron chi connectivity index (χ3n) is 4.55. The summed E-state index contributed by atoms with van der Waals surface area (Å²) < 4.78 is 61.7. The Morgan fingerprint density at radius 3 is 2.69 bits per heavy atom. The molecular weight excluding hydrogens is 497 g/mol. The van der Waals surface area contributed by atoms with Crippen molar-refractivity contribution in [2.24, 2.45) is 0 Å². The molecule has 0 aliphatic heterocycles. The van der Waals surface area contributed by atoms with Gasteiger partial charge in [-0.3, -0.25) is 9.19 Å². The van der Waals surface area contributed by atoms with Gasteiger partial charge in [0, 0.05) is 18.2 Å². The van der Waals surface area contributed by atoms with Crippen molar-refractivity contribution in [2.75, 3.05) is 19.8 Å². The smallest absolute Gasteiger partial charge is 0.422 e. The molecule has 3 rings (SSSR count). The summed E-state index contributed by atoms with van der Waals surface area (Å²) in [6.07, 6.45) is -4.16. The molecule has 0 radical (unpaired) electrons. The molecule has 35 heavy (non-hydrogen) atoms. The zero-order chi connectivity index (χ0) is 25.6. The van der Waals surface area contributed by atoms with Gasteiger partial charge in [-0.2, -0.15) is 13.2 Å². The van der Waals surface area contributed by atoms with Crippen LogP contribution in [0.1, 0.15) is 17.7 Å². The maximum atomic E-state index is 13.2. The van der Waals surface area contributed by atoms with Crippen LogP contribution in [-0.2, 0) is 26.1 Å². The molecule has 0 fully saturated rings. The van der Waals surface area contributed by atoms with Crippen LogP contribution in [0.2, 0.25) is 0 Å². The summed E-state index contributed by atoms with van der Waals surface area (Å²) in [5.41, 5.74) is 1.14. The average Bonchev–Trinajstić information content (AvgIpc) is 3.18. The van der Waals surface area contributed by atoms with E-state index in [4.69, 9.17) is 9.47 Å². The molecule has 0 N–H and O–H groups in total. The second-order valence-corrected chi connectivity index (χ2v) is 8.36. The predicted molar refractivity (Wildman–Crippen MR) is 115 cm³/mol. The van der Waals surface area contributed by atoms with Crippen LogP contribution in [-0.4, -0.2) is 55.9 Å². The molecule has 1 atom stereocenters. The highest BCUT2D eigenvalue weighted by atomic mass is 32.2. The summed E-state index contributed by atoms with van der Waals surface area (Å²) in [5, 5.41) is 9.07. The molecule has 1 unspecified atom stereocenters. The number of carbonyl (C=O) groups excluding carboxylic acids is 1. The number of rotatable bonds is 10. The first-order valence-corrected chi connectivity index (χ1v) is 11.3. The topological polar surface area (TPSA) is 136 Å². The molecule has 3 aromatic rings. The fourth-order valence-electron chi connectivity index (χ4n) is 2.96. The number of fused-ring (bicyclic) bond motifs is 1. The molecule has 11 nitrogen and oxygen atoms in total. The lowest BCUT2D eigenvalue weighted by atomic mass is 10.2. The van der Waals surface area contributed by atoms with Gasteiger partial charge in [0.2, 0.25) is 5.16 Å². The van der Waals surface area contributed by atoms with Crippen molar-refractivity contribution >= 4 is 27.9 Å². The lowest BCUT2D eigenvalue weighted by molar-refractivity contribution is -0.757. The standard InChI is InChI=1S/C20H19F3N4O7S/c1-13-15(24-8-7-17(13)33-12-20(21,22)23)11-35(31)18-25-14-5-2-3-6-16(14)26(18)19(28)32-9-4-10-34-27(29)30/h2-3,5-8H,4,9-12H2,1H3. The quantitative estimate of drug-likeness (QED) is 0.225. The van der Waals surface area contributed by atoms with Gasteiger partial charge in [0.05, 0.1) is 46.5 Å². The zero-order valence-electron chi connectivity index (χ0n) is 18.2. The van der Waals surface area contributed by atoms with Crippen molar-refractivity contribution in [3.8, 4) is 5.75 Å². The van der Waals surface area contributed by atoms with Crippen molar-refractivity contribution in [1.29, 1.82) is 0 Å². The first-order chi connectivity index (χ1) is 16.6.